The van der Waals surface area contributed by atoms with Crippen molar-refractivity contribution in [1.82, 2.24) is 0 Å². The van der Waals surface area contributed by atoms with Crippen LogP contribution in [0.1, 0.15) is 0 Å². The summed E-state index contributed by atoms with van der Waals surface area (Å²) in [5.41, 5.74) is 0. The molecular formula is C10H8O6PtS2. The van der Waals surface area contributed by atoms with Crippen molar-refractivity contribution in [2.24, 2.45) is 0 Å². The van der Waals surface area contributed by atoms with Gasteiger partial charge in [-0.05, 0) is 24.3 Å². The van der Waals surface area contributed by atoms with Crippen LogP contribution in [-0.2, 0) is 39.0 Å². The van der Waals surface area contributed by atoms with Crippen LogP contribution in [0.15, 0.2) is 46.6 Å². The summed E-state index contributed by atoms with van der Waals surface area (Å²) in [4.78, 5) is 20.2. The molecule has 9 heteroatoms. The van der Waals surface area contributed by atoms with Gasteiger partial charge in [-0.25, -0.2) is 9.59 Å². The smallest absolute Gasteiger partial charge is 0.372 e. The van der Waals surface area contributed by atoms with Gasteiger partial charge in [-0.2, -0.15) is 0 Å². The molecular weight excluding hydrogens is 475 g/mol. The predicted octanol–water partition coefficient (Wildman–Crippen LogP) is 2.29. The summed E-state index contributed by atoms with van der Waals surface area (Å²) in [6.45, 7) is 0. The number of aliphatic carboxylic acids is 2. The van der Waals surface area contributed by atoms with Gasteiger partial charge in [0.15, 0.2) is 0 Å². The summed E-state index contributed by atoms with van der Waals surface area (Å²) in [5, 5.41) is 19.9. The Bertz CT molecular complexity index is 413. The van der Waals surface area contributed by atoms with E-state index in [9.17, 15) is 9.59 Å². The largest absolute Gasteiger partial charge is 0.475 e. The van der Waals surface area contributed by atoms with Crippen molar-refractivity contribution in [2.75, 3.05) is 0 Å². The van der Waals surface area contributed by atoms with Crippen LogP contribution >= 0.6 is 24.1 Å². The van der Waals surface area contributed by atoms with Gasteiger partial charge < -0.3 is 18.6 Å². The minimum Gasteiger partial charge on any atom is -0.475 e. The van der Waals surface area contributed by atoms with Crippen LogP contribution in [0, 0.1) is 0 Å². The Balaban J connectivity index is 0.000000324. The fraction of sp³-hybridized carbons (Fsp3) is 0. The first-order valence-electron chi connectivity index (χ1n) is 4.48. The van der Waals surface area contributed by atoms with E-state index in [0.29, 0.717) is 0 Å². The Morgan fingerprint density at radius 1 is 0.895 bits per heavy atom. The van der Waals surface area contributed by atoms with E-state index in [-0.39, 0.29) is 32.6 Å². The molecule has 0 radical (unpaired) electrons. The fourth-order valence-electron chi connectivity index (χ4n) is 0.746. The third-order valence-electron chi connectivity index (χ3n) is 1.46. The molecule has 0 unspecified atom stereocenters. The van der Waals surface area contributed by atoms with Gasteiger partial charge >= 0.3 is 11.9 Å². The number of rotatable bonds is 2. The molecule has 2 N–H and O–H groups in total. The fourth-order valence-corrected chi connectivity index (χ4v) is 1.60. The van der Waals surface area contributed by atoms with Crippen LogP contribution in [-0.4, -0.2) is 22.2 Å². The van der Waals surface area contributed by atoms with Crippen LogP contribution in [0.2, 0.25) is 0 Å². The SMILES string of the molecule is O=C(O)C1=CC=CSO1.O=C(O)C1=CC=CSO1.[Pt]. The summed E-state index contributed by atoms with van der Waals surface area (Å²) >= 11 is 2.00. The number of hydrogen-bond donors (Lipinski definition) is 2. The van der Waals surface area contributed by atoms with Crippen molar-refractivity contribution in [1.29, 1.82) is 0 Å². The molecule has 0 saturated heterocycles. The topological polar surface area (TPSA) is 93.1 Å². The molecule has 0 atom stereocenters. The monoisotopic (exact) mass is 483 g/mol. The molecule has 2 rings (SSSR count). The molecule has 19 heavy (non-hydrogen) atoms. The maximum Gasteiger partial charge on any atom is 0.372 e. The van der Waals surface area contributed by atoms with Crippen molar-refractivity contribution in [3.05, 3.63) is 46.6 Å². The predicted molar refractivity (Wildman–Crippen MR) is 67.1 cm³/mol. The normalized spacial score (nSPS) is 15.4. The molecule has 0 saturated carbocycles. The summed E-state index contributed by atoms with van der Waals surface area (Å²) in [5.74, 6) is -2.12. The van der Waals surface area contributed by atoms with Gasteiger partial charge in [0.2, 0.25) is 11.5 Å². The standard InChI is InChI=1S/2C5H4O3S.Pt/c2*6-5(7)4-2-1-3-9-8-4;/h2*1-3H,(H,6,7);. The van der Waals surface area contributed by atoms with Crippen LogP contribution in [0.4, 0.5) is 0 Å². The van der Waals surface area contributed by atoms with Crippen molar-refractivity contribution < 1.29 is 49.2 Å². The van der Waals surface area contributed by atoms with Gasteiger partial charge in [0.05, 0.1) is 24.1 Å². The van der Waals surface area contributed by atoms with Gasteiger partial charge in [0.1, 0.15) is 0 Å². The second-order valence-corrected chi connectivity index (χ2v) is 3.95. The molecule has 2 aliphatic rings. The van der Waals surface area contributed by atoms with Gasteiger partial charge in [-0.3, -0.25) is 0 Å². The number of allylic oxidation sites excluding steroid dienone is 4. The zero-order valence-corrected chi connectivity index (χ0v) is 13.0. The van der Waals surface area contributed by atoms with E-state index >= 15 is 0 Å². The zero-order chi connectivity index (χ0) is 13.4. The Kier molecular flexibility index (Phi) is 9.20. The third-order valence-corrected chi connectivity index (χ3v) is 2.55. The maximum atomic E-state index is 10.1. The molecule has 2 heterocycles. The summed E-state index contributed by atoms with van der Waals surface area (Å²) in [6.07, 6.45) is 6.05. The minimum absolute atomic E-state index is 0. The number of carbonyl (C=O) groups is 2. The Morgan fingerprint density at radius 2 is 1.26 bits per heavy atom. The Labute approximate surface area is 131 Å². The van der Waals surface area contributed by atoms with Gasteiger partial charge in [-0.1, -0.05) is 0 Å². The van der Waals surface area contributed by atoms with Gasteiger partial charge in [-0.15, -0.1) is 0 Å². The Hall–Kier alpha value is -1.11. The van der Waals surface area contributed by atoms with E-state index in [4.69, 9.17) is 10.2 Å². The van der Waals surface area contributed by atoms with E-state index in [0.717, 1.165) is 24.1 Å². The number of carboxylic acids is 2. The molecule has 0 amide bonds. The van der Waals surface area contributed by atoms with E-state index < -0.39 is 11.9 Å². The van der Waals surface area contributed by atoms with E-state index in [1.165, 1.54) is 12.2 Å². The summed E-state index contributed by atoms with van der Waals surface area (Å²) < 4.78 is 9.26. The molecule has 0 bridgehead atoms. The van der Waals surface area contributed by atoms with Crippen molar-refractivity contribution in [3.8, 4) is 0 Å². The number of hydrogen-bond acceptors (Lipinski definition) is 6. The molecule has 0 fully saturated rings. The van der Waals surface area contributed by atoms with Crippen molar-refractivity contribution in [2.45, 2.75) is 0 Å². The van der Waals surface area contributed by atoms with E-state index in [1.54, 1.807) is 23.0 Å². The first kappa shape index (κ1) is 17.9. The molecule has 106 valence electrons. The first-order chi connectivity index (χ1) is 8.61. The molecule has 6 nitrogen and oxygen atoms in total. The molecule has 0 aliphatic carbocycles. The average Bonchev–Trinajstić information content (AvgIpc) is 2.41. The summed E-state index contributed by atoms with van der Waals surface area (Å²) in [7, 11) is 0. The second kappa shape index (κ2) is 9.77. The molecule has 0 aromatic carbocycles. The molecule has 2 aliphatic heterocycles. The molecule has 0 aromatic rings. The maximum absolute atomic E-state index is 10.1. The first-order valence-corrected chi connectivity index (χ1v) is 6.09. The summed E-state index contributed by atoms with van der Waals surface area (Å²) in [6, 6.07) is 0. The zero-order valence-electron chi connectivity index (χ0n) is 9.12. The second-order valence-electron chi connectivity index (χ2n) is 2.69. The third kappa shape index (κ3) is 7.15. The quantitative estimate of drug-likeness (QED) is 0.579. The van der Waals surface area contributed by atoms with Crippen LogP contribution < -0.4 is 0 Å². The van der Waals surface area contributed by atoms with E-state index in [2.05, 4.69) is 8.37 Å². The van der Waals surface area contributed by atoms with Crippen LogP contribution in [0.5, 0.6) is 0 Å². The van der Waals surface area contributed by atoms with Gasteiger partial charge in [0.25, 0.3) is 0 Å². The number of carboxylic acid groups (broad SMARTS) is 2. The van der Waals surface area contributed by atoms with E-state index in [1.807, 2.05) is 0 Å². The Morgan fingerprint density at radius 3 is 1.42 bits per heavy atom. The van der Waals surface area contributed by atoms with Crippen molar-refractivity contribution >= 4 is 36.0 Å². The van der Waals surface area contributed by atoms with Crippen LogP contribution in [0.3, 0.4) is 0 Å². The van der Waals surface area contributed by atoms with Gasteiger partial charge in [0, 0.05) is 31.9 Å². The van der Waals surface area contributed by atoms with Crippen LogP contribution in [0.25, 0.3) is 0 Å². The minimum atomic E-state index is -1.04. The van der Waals surface area contributed by atoms with Crippen molar-refractivity contribution in [3.63, 3.8) is 0 Å². The molecule has 0 aromatic heterocycles. The molecule has 0 spiro atoms. The average molecular weight is 483 g/mol.